The van der Waals surface area contributed by atoms with Crippen molar-refractivity contribution < 1.29 is 43.8 Å². The standard InChI is InChI=1S/C27H51N11O9S/c28-9-3-1-6-17(36-22(42)15(30)14-48)24(44)38-18(7-2-4-10-29)25(45)37-16(8-5-11-33-27(31)32)23(43)34-13-20(39)35-19(26(46)47)12-21(40)41/h15-19,48H,1-14,28-30H2,(H,34,43)(H,35,39)(H,36,42)(H,37,45)(H,38,44)(H,40,41)(H,46,47)(H4,31,32,33)/t15-,16-,17-,18-,19-/m0/s1. The van der Waals surface area contributed by atoms with Crippen molar-refractivity contribution in [1.82, 2.24) is 26.6 Å². The lowest BCUT2D eigenvalue weighted by molar-refractivity contribution is -0.147. The van der Waals surface area contributed by atoms with Gasteiger partial charge in [0.1, 0.15) is 24.2 Å². The van der Waals surface area contributed by atoms with E-state index in [1.807, 2.05) is 5.32 Å². The number of nitrogens with two attached hydrogens (primary N) is 5. The summed E-state index contributed by atoms with van der Waals surface area (Å²) in [4.78, 5) is 90.7. The number of guanidine groups is 1. The summed E-state index contributed by atoms with van der Waals surface area (Å²) >= 11 is 4.01. The van der Waals surface area contributed by atoms with E-state index in [1.165, 1.54) is 0 Å². The van der Waals surface area contributed by atoms with E-state index in [4.69, 9.17) is 38.9 Å². The molecular formula is C27H51N11O9S. The van der Waals surface area contributed by atoms with Gasteiger partial charge in [0.25, 0.3) is 0 Å². The molecule has 0 aromatic heterocycles. The molecule has 0 unspecified atom stereocenters. The smallest absolute Gasteiger partial charge is 0.326 e. The molecule has 0 rings (SSSR count). The number of rotatable bonds is 26. The molecule has 17 N–H and O–H groups in total. The Morgan fingerprint density at radius 1 is 0.667 bits per heavy atom. The van der Waals surface area contributed by atoms with E-state index >= 15 is 0 Å². The highest BCUT2D eigenvalue weighted by Gasteiger charge is 2.30. The van der Waals surface area contributed by atoms with Crippen LogP contribution in [-0.4, -0.2) is 120 Å². The predicted molar refractivity (Wildman–Crippen MR) is 178 cm³/mol. The first kappa shape index (κ1) is 43.8. The van der Waals surface area contributed by atoms with Crippen molar-refractivity contribution in [3.05, 3.63) is 0 Å². The number of hydrogen-bond donors (Lipinski definition) is 13. The summed E-state index contributed by atoms with van der Waals surface area (Å²) in [5.74, 6) is -7.08. The number of thiol groups is 1. The number of nitrogens with zero attached hydrogens (tertiary/aromatic N) is 1. The van der Waals surface area contributed by atoms with Crippen LogP contribution in [0.5, 0.6) is 0 Å². The molecule has 0 aliphatic carbocycles. The van der Waals surface area contributed by atoms with Gasteiger partial charge in [-0.25, -0.2) is 4.79 Å². The molecule has 5 atom stereocenters. The molecule has 274 valence electrons. The summed E-state index contributed by atoms with van der Waals surface area (Å²) < 4.78 is 0. The van der Waals surface area contributed by atoms with Crippen molar-refractivity contribution in [2.75, 3.05) is 31.9 Å². The number of nitrogens with one attached hydrogen (secondary N) is 5. The third-order valence-corrected chi connectivity index (χ3v) is 7.10. The highest BCUT2D eigenvalue weighted by molar-refractivity contribution is 7.80. The third kappa shape index (κ3) is 19.5. The Hall–Kier alpha value is -4.21. The summed E-state index contributed by atoms with van der Waals surface area (Å²) in [6.07, 6.45) is 1.62. The van der Waals surface area contributed by atoms with E-state index in [-0.39, 0.29) is 43.9 Å². The van der Waals surface area contributed by atoms with Gasteiger partial charge >= 0.3 is 11.9 Å². The number of carbonyl (C=O) groups excluding carboxylic acids is 5. The van der Waals surface area contributed by atoms with E-state index in [9.17, 15) is 33.6 Å². The highest BCUT2D eigenvalue weighted by Crippen LogP contribution is 2.08. The number of aliphatic carboxylic acids is 2. The molecule has 0 aromatic rings. The first-order valence-corrected chi connectivity index (χ1v) is 16.0. The fourth-order valence-corrected chi connectivity index (χ4v) is 4.28. The fraction of sp³-hybridized carbons (Fsp3) is 0.704. The lowest BCUT2D eigenvalue weighted by atomic mass is 10.0. The number of aliphatic imine (C=N–C) groups is 1. The van der Waals surface area contributed by atoms with Crippen LogP contribution in [-0.2, 0) is 33.6 Å². The van der Waals surface area contributed by atoms with Crippen LogP contribution in [0.2, 0.25) is 0 Å². The van der Waals surface area contributed by atoms with Crippen molar-refractivity contribution in [1.29, 1.82) is 0 Å². The van der Waals surface area contributed by atoms with Gasteiger partial charge in [0.05, 0.1) is 19.0 Å². The highest BCUT2D eigenvalue weighted by atomic mass is 32.1. The zero-order valence-corrected chi connectivity index (χ0v) is 27.7. The van der Waals surface area contributed by atoms with Gasteiger partial charge in [0, 0.05) is 12.3 Å². The van der Waals surface area contributed by atoms with Gasteiger partial charge in [-0.1, -0.05) is 0 Å². The molecule has 48 heavy (non-hydrogen) atoms. The SMILES string of the molecule is NCCCC[C@H](NC(=O)[C@H](CCCCN)NC(=O)[C@@H](N)CS)C(=O)N[C@@H](CCCN=C(N)N)C(=O)NCC(=O)N[C@@H](CC(=O)O)C(=O)O. The van der Waals surface area contributed by atoms with Crippen LogP contribution in [0.3, 0.4) is 0 Å². The van der Waals surface area contributed by atoms with Crippen LogP contribution in [0.4, 0.5) is 0 Å². The van der Waals surface area contributed by atoms with Crippen molar-refractivity contribution in [3.63, 3.8) is 0 Å². The lowest BCUT2D eigenvalue weighted by Crippen LogP contribution is -2.58. The predicted octanol–water partition coefficient (Wildman–Crippen LogP) is -4.83. The molecule has 0 aromatic carbocycles. The zero-order valence-electron chi connectivity index (χ0n) is 26.8. The molecule has 0 fully saturated rings. The topological polar surface area (TPSA) is 363 Å². The Morgan fingerprint density at radius 2 is 1.15 bits per heavy atom. The summed E-state index contributed by atoms with van der Waals surface area (Å²) in [5.41, 5.74) is 27.6. The van der Waals surface area contributed by atoms with E-state index < -0.39 is 84.6 Å². The molecule has 0 bridgehead atoms. The summed E-state index contributed by atoms with van der Waals surface area (Å²) in [6.45, 7) is 0.0269. The Balaban J connectivity index is 5.91. The van der Waals surface area contributed by atoms with Crippen LogP contribution in [0.15, 0.2) is 4.99 Å². The van der Waals surface area contributed by atoms with Gasteiger partial charge in [-0.3, -0.25) is 33.8 Å². The summed E-state index contributed by atoms with van der Waals surface area (Å²) in [5, 5.41) is 30.1. The quantitative estimate of drug-likeness (QED) is 0.0174. The first-order valence-electron chi connectivity index (χ1n) is 15.4. The second-order valence-corrected chi connectivity index (χ2v) is 11.1. The van der Waals surface area contributed by atoms with Crippen molar-refractivity contribution >= 4 is 60.1 Å². The lowest BCUT2D eigenvalue weighted by Gasteiger charge is -2.26. The third-order valence-electron chi connectivity index (χ3n) is 6.71. The number of hydrogen-bond acceptors (Lipinski definition) is 12. The Morgan fingerprint density at radius 3 is 1.58 bits per heavy atom. The van der Waals surface area contributed by atoms with E-state index in [1.54, 1.807) is 0 Å². The minimum Gasteiger partial charge on any atom is -0.481 e. The first-order chi connectivity index (χ1) is 22.7. The van der Waals surface area contributed by atoms with Crippen LogP contribution >= 0.6 is 12.6 Å². The monoisotopic (exact) mass is 705 g/mol. The summed E-state index contributed by atoms with van der Waals surface area (Å²) in [6, 6.07) is -6.20. The molecular weight excluding hydrogens is 654 g/mol. The second kappa shape index (κ2) is 24.9. The molecule has 0 spiro atoms. The van der Waals surface area contributed by atoms with E-state index in [0.29, 0.717) is 38.8 Å². The van der Waals surface area contributed by atoms with E-state index in [0.717, 1.165) is 0 Å². The number of amides is 5. The molecule has 0 saturated heterocycles. The van der Waals surface area contributed by atoms with Crippen molar-refractivity contribution in [2.45, 2.75) is 88.0 Å². The fourth-order valence-electron chi connectivity index (χ4n) is 4.11. The second-order valence-electron chi connectivity index (χ2n) is 10.8. The Bertz CT molecular complexity index is 1110. The minimum atomic E-state index is -1.74. The molecule has 0 aliphatic heterocycles. The van der Waals surface area contributed by atoms with Crippen molar-refractivity contribution in [3.8, 4) is 0 Å². The van der Waals surface area contributed by atoms with Gasteiger partial charge in [-0.05, 0) is 64.5 Å². The molecule has 0 heterocycles. The maximum atomic E-state index is 13.5. The molecule has 0 saturated carbocycles. The van der Waals surface area contributed by atoms with Crippen molar-refractivity contribution in [2.24, 2.45) is 33.7 Å². The van der Waals surface area contributed by atoms with E-state index in [2.05, 4.69) is 38.9 Å². The molecule has 0 radical (unpaired) electrons. The molecule has 21 heteroatoms. The maximum absolute atomic E-state index is 13.5. The summed E-state index contributed by atoms with van der Waals surface area (Å²) in [7, 11) is 0. The maximum Gasteiger partial charge on any atom is 0.326 e. The van der Waals surface area contributed by atoms with Gasteiger partial charge in [-0.2, -0.15) is 12.6 Å². The van der Waals surface area contributed by atoms with Crippen LogP contribution in [0.25, 0.3) is 0 Å². The van der Waals surface area contributed by atoms with Gasteiger partial charge in [-0.15, -0.1) is 0 Å². The van der Waals surface area contributed by atoms with Gasteiger partial charge in [0.2, 0.25) is 29.5 Å². The Labute approximate surface area is 283 Å². The Kier molecular flexibility index (Phi) is 22.7. The molecule has 0 aliphatic rings. The molecule has 20 nitrogen and oxygen atoms in total. The number of unbranched alkanes of at least 4 members (excludes halogenated alkanes) is 2. The normalized spacial score (nSPS) is 13.8. The largest absolute Gasteiger partial charge is 0.481 e. The van der Waals surface area contributed by atoms with Crippen LogP contribution in [0, 0.1) is 0 Å². The van der Waals surface area contributed by atoms with Crippen LogP contribution in [0.1, 0.15) is 57.8 Å². The number of carboxylic acids is 2. The number of carboxylic acid groups (broad SMARTS) is 2. The molecule has 5 amide bonds. The average molecular weight is 706 g/mol. The minimum absolute atomic E-state index is 0.0183. The van der Waals surface area contributed by atoms with Gasteiger partial charge in [0.15, 0.2) is 5.96 Å². The van der Waals surface area contributed by atoms with Crippen LogP contribution < -0.4 is 55.3 Å². The number of carbonyl (C=O) groups is 7. The van der Waals surface area contributed by atoms with Gasteiger partial charge < -0.3 is 65.5 Å². The zero-order chi connectivity index (χ0) is 36.6. The average Bonchev–Trinajstić information content (AvgIpc) is 3.02.